The van der Waals surface area contributed by atoms with Crippen molar-refractivity contribution in [3.05, 3.63) is 16.6 Å². The molecule has 2 atom stereocenters. The molecule has 0 spiro atoms. The number of nitrogens with one attached hydrogen (secondary N) is 2. The molecule has 1 aromatic carbocycles. The Morgan fingerprint density at radius 1 is 1.27 bits per heavy atom. The zero-order valence-electron chi connectivity index (χ0n) is 12.8. The first kappa shape index (κ1) is 17.5. The summed E-state index contributed by atoms with van der Waals surface area (Å²) in [4.78, 5) is 0.105. The summed E-state index contributed by atoms with van der Waals surface area (Å²) in [5, 5.41) is 3.30. The maximum absolute atomic E-state index is 12.7. The van der Waals surface area contributed by atoms with Crippen molar-refractivity contribution in [2.24, 2.45) is 0 Å². The number of hydrogen-bond donors (Lipinski definition) is 2. The van der Waals surface area contributed by atoms with Crippen LogP contribution in [0.2, 0.25) is 0 Å². The minimum absolute atomic E-state index is 0.0770. The van der Waals surface area contributed by atoms with Gasteiger partial charge in [-0.2, -0.15) is 0 Å². The lowest BCUT2D eigenvalue weighted by Gasteiger charge is -2.28. The van der Waals surface area contributed by atoms with Gasteiger partial charge in [-0.1, -0.05) is 0 Å². The Hall–Kier alpha value is -0.830. The van der Waals surface area contributed by atoms with Crippen molar-refractivity contribution in [2.75, 3.05) is 20.8 Å². The molecule has 2 rings (SSSR count). The van der Waals surface area contributed by atoms with Crippen LogP contribution in [-0.4, -0.2) is 41.3 Å². The molecule has 0 radical (unpaired) electrons. The van der Waals surface area contributed by atoms with E-state index in [2.05, 4.69) is 26.0 Å². The Bertz CT molecular complexity index is 636. The summed E-state index contributed by atoms with van der Waals surface area (Å²) >= 11 is 3.32. The lowest BCUT2D eigenvalue weighted by molar-refractivity contribution is 0.359. The van der Waals surface area contributed by atoms with E-state index >= 15 is 0 Å². The van der Waals surface area contributed by atoms with E-state index < -0.39 is 10.0 Å². The minimum atomic E-state index is -3.66. The van der Waals surface area contributed by atoms with Gasteiger partial charge < -0.3 is 14.8 Å². The van der Waals surface area contributed by atoms with Crippen LogP contribution in [0, 0.1) is 0 Å². The van der Waals surface area contributed by atoms with E-state index in [1.807, 2.05) is 6.92 Å². The molecular formula is C14H21BrN2O4S. The predicted octanol–water partition coefficient (Wildman–Crippen LogP) is 1.89. The molecule has 2 N–H and O–H groups in total. The summed E-state index contributed by atoms with van der Waals surface area (Å²) < 4.78 is 39.0. The second-order valence-electron chi connectivity index (χ2n) is 5.34. The summed E-state index contributed by atoms with van der Waals surface area (Å²) in [5.74, 6) is 0.779. The van der Waals surface area contributed by atoms with Gasteiger partial charge in [-0.3, -0.25) is 0 Å². The molecule has 8 heteroatoms. The molecule has 22 heavy (non-hydrogen) atoms. The Labute approximate surface area is 139 Å². The summed E-state index contributed by atoms with van der Waals surface area (Å²) in [5.41, 5.74) is 0. The molecule has 1 aromatic rings. The van der Waals surface area contributed by atoms with Crippen molar-refractivity contribution in [3.63, 3.8) is 0 Å². The van der Waals surface area contributed by atoms with Crippen molar-refractivity contribution in [3.8, 4) is 11.5 Å². The quantitative estimate of drug-likeness (QED) is 0.799. The summed E-state index contributed by atoms with van der Waals surface area (Å²) in [6.45, 7) is 2.85. The van der Waals surface area contributed by atoms with E-state index in [4.69, 9.17) is 9.47 Å². The zero-order chi connectivity index (χ0) is 16.3. The van der Waals surface area contributed by atoms with Crippen LogP contribution in [0.15, 0.2) is 21.5 Å². The Morgan fingerprint density at radius 2 is 1.95 bits per heavy atom. The average Bonchev–Trinajstić information content (AvgIpc) is 2.46. The zero-order valence-corrected chi connectivity index (χ0v) is 15.3. The molecule has 0 aliphatic carbocycles. The van der Waals surface area contributed by atoms with Gasteiger partial charge in [0.15, 0.2) is 0 Å². The second-order valence-corrected chi connectivity index (χ2v) is 7.87. The highest BCUT2D eigenvalue weighted by Gasteiger charge is 2.27. The molecule has 124 valence electrons. The molecule has 0 aromatic heterocycles. The van der Waals surface area contributed by atoms with Gasteiger partial charge in [0.1, 0.15) is 16.4 Å². The number of hydrogen-bond acceptors (Lipinski definition) is 5. The first-order valence-corrected chi connectivity index (χ1v) is 9.32. The van der Waals surface area contributed by atoms with Crippen LogP contribution in [0.1, 0.15) is 19.8 Å². The summed E-state index contributed by atoms with van der Waals surface area (Å²) in [7, 11) is -0.707. The molecular weight excluding hydrogens is 372 g/mol. The van der Waals surface area contributed by atoms with Crippen LogP contribution >= 0.6 is 15.9 Å². The lowest BCUT2D eigenvalue weighted by Crippen LogP contribution is -2.46. The van der Waals surface area contributed by atoms with E-state index in [1.165, 1.54) is 20.3 Å². The summed E-state index contributed by atoms with van der Waals surface area (Å²) in [6, 6.07) is 3.28. The topological polar surface area (TPSA) is 76.7 Å². The Kier molecular flexibility index (Phi) is 5.70. The minimum Gasteiger partial charge on any atom is -0.495 e. The van der Waals surface area contributed by atoms with Gasteiger partial charge in [-0.05, 0) is 48.3 Å². The van der Waals surface area contributed by atoms with Gasteiger partial charge in [0, 0.05) is 18.2 Å². The molecule has 0 bridgehead atoms. The molecule has 2 unspecified atom stereocenters. The van der Waals surface area contributed by atoms with Gasteiger partial charge in [0.25, 0.3) is 0 Å². The Morgan fingerprint density at radius 3 is 2.55 bits per heavy atom. The first-order chi connectivity index (χ1) is 10.4. The number of sulfonamides is 1. The fourth-order valence-electron chi connectivity index (χ4n) is 2.56. The van der Waals surface area contributed by atoms with Crippen molar-refractivity contribution < 1.29 is 17.9 Å². The van der Waals surface area contributed by atoms with E-state index in [0.29, 0.717) is 16.3 Å². The fraction of sp³-hybridized carbons (Fsp3) is 0.571. The van der Waals surface area contributed by atoms with Crippen molar-refractivity contribution in [1.82, 2.24) is 10.0 Å². The maximum Gasteiger partial charge on any atom is 0.244 e. The number of rotatable bonds is 5. The van der Waals surface area contributed by atoms with Gasteiger partial charge in [-0.15, -0.1) is 0 Å². The molecule has 1 fully saturated rings. The number of benzene rings is 1. The van der Waals surface area contributed by atoms with E-state index in [-0.39, 0.29) is 16.7 Å². The third kappa shape index (κ3) is 3.92. The third-order valence-electron chi connectivity index (χ3n) is 3.67. The molecule has 6 nitrogen and oxygen atoms in total. The van der Waals surface area contributed by atoms with Crippen LogP contribution in [0.5, 0.6) is 11.5 Å². The number of ether oxygens (including phenoxy) is 2. The molecule has 1 aliphatic rings. The SMILES string of the molecule is COc1cc(OC)c(S(=O)(=O)NC2CCNC(C)C2)cc1Br. The Balaban J connectivity index is 2.30. The van der Waals surface area contributed by atoms with Gasteiger partial charge in [0.05, 0.1) is 18.7 Å². The monoisotopic (exact) mass is 392 g/mol. The van der Waals surface area contributed by atoms with Gasteiger partial charge in [-0.25, -0.2) is 13.1 Å². The lowest BCUT2D eigenvalue weighted by atomic mass is 10.0. The first-order valence-electron chi connectivity index (χ1n) is 7.04. The normalized spacial score (nSPS) is 22.4. The number of halogens is 1. The van der Waals surface area contributed by atoms with Crippen LogP contribution in [-0.2, 0) is 10.0 Å². The maximum atomic E-state index is 12.7. The number of piperidine rings is 1. The van der Waals surface area contributed by atoms with Crippen LogP contribution in [0.4, 0.5) is 0 Å². The highest BCUT2D eigenvalue weighted by molar-refractivity contribution is 9.10. The van der Waals surface area contributed by atoms with E-state index in [9.17, 15) is 8.42 Å². The largest absolute Gasteiger partial charge is 0.495 e. The van der Waals surface area contributed by atoms with Crippen molar-refractivity contribution in [2.45, 2.75) is 36.7 Å². The fourth-order valence-corrected chi connectivity index (χ4v) is 4.68. The highest BCUT2D eigenvalue weighted by atomic mass is 79.9. The van der Waals surface area contributed by atoms with Gasteiger partial charge in [0.2, 0.25) is 10.0 Å². The third-order valence-corrected chi connectivity index (χ3v) is 5.83. The van der Waals surface area contributed by atoms with Crippen molar-refractivity contribution >= 4 is 26.0 Å². The molecule has 1 aliphatic heterocycles. The standard InChI is InChI=1S/C14H21BrN2O4S/c1-9-6-10(4-5-16-9)17-22(18,19)14-7-11(15)12(20-2)8-13(14)21-3/h7-10,16-17H,4-6H2,1-3H3. The smallest absolute Gasteiger partial charge is 0.244 e. The molecule has 1 heterocycles. The molecule has 1 saturated heterocycles. The van der Waals surface area contributed by atoms with Crippen LogP contribution < -0.4 is 19.5 Å². The van der Waals surface area contributed by atoms with Crippen LogP contribution in [0.3, 0.4) is 0 Å². The van der Waals surface area contributed by atoms with Gasteiger partial charge >= 0.3 is 0 Å². The summed E-state index contributed by atoms with van der Waals surface area (Å²) in [6.07, 6.45) is 1.53. The van der Waals surface area contributed by atoms with Crippen LogP contribution in [0.25, 0.3) is 0 Å². The predicted molar refractivity (Wildman–Crippen MR) is 88.1 cm³/mol. The van der Waals surface area contributed by atoms with E-state index in [0.717, 1.165) is 19.4 Å². The number of methoxy groups -OCH3 is 2. The van der Waals surface area contributed by atoms with Crippen molar-refractivity contribution in [1.29, 1.82) is 0 Å². The second kappa shape index (κ2) is 7.16. The van der Waals surface area contributed by atoms with E-state index in [1.54, 1.807) is 6.07 Å². The molecule has 0 amide bonds. The molecule has 0 saturated carbocycles. The highest BCUT2D eigenvalue weighted by Crippen LogP contribution is 2.35. The average molecular weight is 393 g/mol.